The van der Waals surface area contributed by atoms with Crippen LogP contribution in [0, 0.1) is 17.8 Å². The van der Waals surface area contributed by atoms with Crippen molar-refractivity contribution in [1.29, 1.82) is 0 Å². The van der Waals surface area contributed by atoms with Crippen molar-refractivity contribution < 1.29 is 23.8 Å². The fourth-order valence-corrected chi connectivity index (χ4v) is 4.58. The van der Waals surface area contributed by atoms with Crippen LogP contribution in [0.25, 0.3) is 0 Å². The second kappa shape index (κ2) is 9.72. The molecule has 154 valence electrons. The van der Waals surface area contributed by atoms with Crippen LogP contribution >= 0.6 is 0 Å². The van der Waals surface area contributed by atoms with Crippen LogP contribution in [-0.2, 0) is 23.8 Å². The number of ether oxygens (including phenoxy) is 3. The van der Waals surface area contributed by atoms with E-state index in [0.29, 0.717) is 12.3 Å². The smallest absolute Gasteiger partial charge is 0.311 e. The molecular weight excluding hydrogens is 344 g/mol. The molecule has 0 aromatic heterocycles. The lowest BCUT2D eigenvalue weighted by Gasteiger charge is -2.27. The number of carbonyl (C=O) groups excluding carboxylic acids is 2. The van der Waals surface area contributed by atoms with Gasteiger partial charge in [-0.25, -0.2) is 0 Å². The maximum Gasteiger partial charge on any atom is 0.311 e. The van der Waals surface area contributed by atoms with Crippen LogP contribution in [0.4, 0.5) is 0 Å². The van der Waals surface area contributed by atoms with Crippen molar-refractivity contribution in [2.45, 2.75) is 83.8 Å². The van der Waals surface area contributed by atoms with Gasteiger partial charge >= 0.3 is 11.9 Å². The Morgan fingerprint density at radius 2 is 1.78 bits per heavy atom. The lowest BCUT2D eigenvalue weighted by Crippen LogP contribution is -2.32. The number of fused-ring (bicyclic) bond motifs is 2. The molecule has 0 N–H and O–H groups in total. The first-order chi connectivity index (χ1) is 12.8. The molecule has 4 unspecified atom stereocenters. The standard InChI is InChI=1S/C22H36O5/c1-15-8-6-9-16(20(23)25-4)10-7-11-18(21(24)26-5)19-14-17(13-12-15)22(2,3)27-19/h8,16-19H,6-7,9-14H2,1-5H3. The van der Waals surface area contributed by atoms with Crippen molar-refractivity contribution in [2.24, 2.45) is 17.8 Å². The molecule has 0 amide bonds. The van der Waals surface area contributed by atoms with Gasteiger partial charge in [0.1, 0.15) is 0 Å². The molecule has 4 atom stereocenters. The molecule has 0 aromatic rings. The molecule has 0 radical (unpaired) electrons. The second-order valence-corrected chi connectivity index (χ2v) is 8.64. The largest absolute Gasteiger partial charge is 0.469 e. The van der Waals surface area contributed by atoms with E-state index < -0.39 is 0 Å². The number of carbonyl (C=O) groups is 2. The highest BCUT2D eigenvalue weighted by molar-refractivity contribution is 5.73. The lowest BCUT2D eigenvalue weighted by molar-refractivity contribution is -0.153. The summed E-state index contributed by atoms with van der Waals surface area (Å²) in [6.45, 7) is 6.43. The third kappa shape index (κ3) is 5.81. The summed E-state index contributed by atoms with van der Waals surface area (Å²) in [4.78, 5) is 24.5. The third-order valence-electron chi connectivity index (χ3n) is 6.41. The van der Waals surface area contributed by atoms with Crippen LogP contribution in [0.15, 0.2) is 11.6 Å². The zero-order chi connectivity index (χ0) is 20.0. The topological polar surface area (TPSA) is 61.8 Å². The van der Waals surface area contributed by atoms with E-state index in [4.69, 9.17) is 14.2 Å². The second-order valence-electron chi connectivity index (χ2n) is 8.64. The highest BCUT2D eigenvalue weighted by Crippen LogP contribution is 2.43. The summed E-state index contributed by atoms with van der Waals surface area (Å²) >= 11 is 0. The minimum Gasteiger partial charge on any atom is -0.469 e. The Balaban J connectivity index is 2.20. The number of rotatable bonds is 2. The van der Waals surface area contributed by atoms with Crippen molar-refractivity contribution in [2.75, 3.05) is 14.2 Å². The van der Waals surface area contributed by atoms with Gasteiger partial charge in [-0.3, -0.25) is 9.59 Å². The maximum atomic E-state index is 12.4. The van der Waals surface area contributed by atoms with Gasteiger partial charge in [0, 0.05) is 0 Å². The normalized spacial score (nSPS) is 32.1. The van der Waals surface area contributed by atoms with Crippen LogP contribution < -0.4 is 0 Å². The molecule has 27 heavy (non-hydrogen) atoms. The highest BCUT2D eigenvalue weighted by Gasteiger charge is 2.46. The molecule has 2 aliphatic rings. The molecular formula is C22H36O5. The number of methoxy groups -OCH3 is 2. The molecule has 0 saturated carbocycles. The first-order valence-corrected chi connectivity index (χ1v) is 10.3. The highest BCUT2D eigenvalue weighted by atomic mass is 16.5. The minimum atomic E-state index is -0.267. The molecule has 2 bridgehead atoms. The number of hydrogen-bond donors (Lipinski definition) is 0. The quantitative estimate of drug-likeness (QED) is 0.523. The predicted molar refractivity (Wildman–Crippen MR) is 104 cm³/mol. The molecule has 5 nitrogen and oxygen atoms in total. The van der Waals surface area contributed by atoms with Gasteiger partial charge in [-0.15, -0.1) is 0 Å². The molecule has 0 spiro atoms. The maximum absolute atomic E-state index is 12.4. The van der Waals surface area contributed by atoms with Gasteiger partial charge in [-0.05, 0) is 71.6 Å². The van der Waals surface area contributed by atoms with Gasteiger partial charge in [-0.1, -0.05) is 18.1 Å². The Bertz CT molecular complexity index is 551. The summed E-state index contributed by atoms with van der Waals surface area (Å²) in [5, 5.41) is 0. The first-order valence-electron chi connectivity index (χ1n) is 10.3. The van der Waals surface area contributed by atoms with E-state index in [1.165, 1.54) is 19.8 Å². The van der Waals surface area contributed by atoms with Crippen molar-refractivity contribution in [3.8, 4) is 0 Å². The molecule has 2 rings (SSSR count). The monoisotopic (exact) mass is 380 g/mol. The summed E-state index contributed by atoms with van der Waals surface area (Å²) in [6, 6.07) is 0. The van der Waals surface area contributed by atoms with Gasteiger partial charge < -0.3 is 14.2 Å². The fourth-order valence-electron chi connectivity index (χ4n) is 4.58. The molecule has 1 fully saturated rings. The van der Waals surface area contributed by atoms with Crippen LogP contribution in [-0.4, -0.2) is 37.9 Å². The van der Waals surface area contributed by atoms with E-state index in [-0.39, 0.29) is 35.5 Å². The van der Waals surface area contributed by atoms with E-state index in [0.717, 1.165) is 44.9 Å². The number of esters is 2. The summed E-state index contributed by atoms with van der Waals surface area (Å²) in [5.74, 6) is -0.301. The Kier molecular flexibility index (Phi) is 7.90. The van der Waals surface area contributed by atoms with Crippen molar-refractivity contribution in [3.05, 3.63) is 11.6 Å². The van der Waals surface area contributed by atoms with Crippen LogP contribution in [0.5, 0.6) is 0 Å². The molecule has 1 aliphatic carbocycles. The molecule has 1 saturated heterocycles. The number of hydrogen-bond acceptors (Lipinski definition) is 5. The summed E-state index contributed by atoms with van der Waals surface area (Å²) < 4.78 is 16.4. The summed E-state index contributed by atoms with van der Waals surface area (Å²) in [6.07, 6.45) is 9.00. The summed E-state index contributed by atoms with van der Waals surface area (Å²) in [5.41, 5.74) is 1.13. The lowest BCUT2D eigenvalue weighted by atomic mass is 9.82. The predicted octanol–water partition coefficient (Wildman–Crippen LogP) is 4.44. The third-order valence-corrected chi connectivity index (χ3v) is 6.41. The SMILES string of the molecule is COC(=O)C1CCC=C(C)CCC2CC(OC2(C)C)C(C(=O)OC)CCC1. The minimum absolute atomic E-state index is 0.110. The Morgan fingerprint density at radius 1 is 1.07 bits per heavy atom. The van der Waals surface area contributed by atoms with E-state index in [9.17, 15) is 9.59 Å². The van der Waals surface area contributed by atoms with Crippen LogP contribution in [0.1, 0.15) is 72.1 Å². The molecule has 0 aromatic carbocycles. The van der Waals surface area contributed by atoms with Gasteiger partial charge in [0.25, 0.3) is 0 Å². The average Bonchev–Trinajstić information content (AvgIpc) is 2.94. The zero-order valence-corrected chi connectivity index (χ0v) is 17.6. The van der Waals surface area contributed by atoms with Crippen molar-refractivity contribution >= 4 is 11.9 Å². The average molecular weight is 381 g/mol. The molecule has 5 heteroatoms. The van der Waals surface area contributed by atoms with Crippen LogP contribution in [0.2, 0.25) is 0 Å². The zero-order valence-electron chi connectivity index (χ0n) is 17.6. The van der Waals surface area contributed by atoms with E-state index in [1.807, 2.05) is 0 Å². The van der Waals surface area contributed by atoms with Crippen molar-refractivity contribution in [1.82, 2.24) is 0 Å². The first kappa shape index (κ1) is 21.9. The van der Waals surface area contributed by atoms with E-state index in [2.05, 4.69) is 26.8 Å². The Labute approximate surface area is 163 Å². The van der Waals surface area contributed by atoms with E-state index in [1.54, 1.807) is 0 Å². The number of allylic oxidation sites excluding steroid dienone is 2. The Morgan fingerprint density at radius 3 is 2.44 bits per heavy atom. The van der Waals surface area contributed by atoms with Crippen molar-refractivity contribution in [3.63, 3.8) is 0 Å². The van der Waals surface area contributed by atoms with Crippen LogP contribution in [0.3, 0.4) is 0 Å². The van der Waals surface area contributed by atoms with Gasteiger partial charge in [0.15, 0.2) is 0 Å². The van der Waals surface area contributed by atoms with Gasteiger partial charge in [0.2, 0.25) is 0 Å². The van der Waals surface area contributed by atoms with E-state index >= 15 is 0 Å². The summed E-state index contributed by atoms with van der Waals surface area (Å²) in [7, 11) is 2.89. The molecule has 1 heterocycles. The Hall–Kier alpha value is -1.36. The van der Waals surface area contributed by atoms with Gasteiger partial charge in [0.05, 0.1) is 37.8 Å². The molecule has 1 aliphatic heterocycles. The van der Waals surface area contributed by atoms with Gasteiger partial charge in [-0.2, -0.15) is 0 Å². The fraction of sp³-hybridized carbons (Fsp3) is 0.818.